The Morgan fingerprint density at radius 3 is 2.62 bits per heavy atom. The molecule has 0 aliphatic carbocycles. The van der Waals surface area contributed by atoms with E-state index in [4.69, 9.17) is 9.47 Å². The number of halogens is 1. The van der Waals surface area contributed by atoms with Crippen molar-refractivity contribution in [3.05, 3.63) is 57.2 Å². The Kier molecular flexibility index (Phi) is 4.11. The van der Waals surface area contributed by atoms with E-state index in [-0.39, 0.29) is 18.1 Å². The van der Waals surface area contributed by atoms with Gasteiger partial charge >= 0.3 is 6.03 Å². The highest BCUT2D eigenvalue weighted by molar-refractivity contribution is 14.1. The minimum atomic E-state index is -0.807. The fourth-order valence-electron chi connectivity index (χ4n) is 2.66. The molecule has 0 bridgehead atoms. The molecule has 2 aromatic carbocycles. The number of carbonyl (C=O) groups is 3. The van der Waals surface area contributed by atoms with Crippen LogP contribution in [0.1, 0.15) is 5.56 Å². The molecular weight excluding hydrogens is 451 g/mol. The average molecular weight is 462 g/mol. The Balaban J connectivity index is 1.74. The van der Waals surface area contributed by atoms with Gasteiger partial charge in [-0.05, 0) is 52.4 Å². The Morgan fingerprint density at radius 1 is 1.04 bits per heavy atom. The zero-order valence-corrected chi connectivity index (χ0v) is 15.3. The number of amides is 4. The number of barbiturate groups is 1. The van der Waals surface area contributed by atoms with E-state index in [1.807, 2.05) is 12.1 Å². The predicted molar refractivity (Wildman–Crippen MR) is 101 cm³/mol. The van der Waals surface area contributed by atoms with Crippen molar-refractivity contribution in [2.45, 2.75) is 0 Å². The Bertz CT molecular complexity index is 985. The lowest BCUT2D eigenvalue weighted by atomic mass is 10.1. The van der Waals surface area contributed by atoms with Crippen LogP contribution in [0.2, 0.25) is 0 Å². The first kappa shape index (κ1) is 16.6. The molecule has 0 aromatic heterocycles. The van der Waals surface area contributed by atoms with Crippen LogP contribution in [0.15, 0.2) is 48.0 Å². The molecule has 130 valence electrons. The molecule has 4 amide bonds. The van der Waals surface area contributed by atoms with E-state index in [9.17, 15) is 14.4 Å². The van der Waals surface area contributed by atoms with Crippen LogP contribution in [0.4, 0.5) is 10.5 Å². The molecule has 0 radical (unpaired) electrons. The number of anilines is 1. The van der Waals surface area contributed by atoms with E-state index >= 15 is 0 Å². The van der Waals surface area contributed by atoms with Crippen molar-refractivity contribution in [2.24, 2.45) is 0 Å². The molecule has 2 aromatic rings. The number of urea groups is 1. The number of nitrogens with one attached hydrogen (secondary N) is 1. The highest BCUT2D eigenvalue weighted by Gasteiger charge is 2.37. The summed E-state index contributed by atoms with van der Waals surface area (Å²) in [7, 11) is 0. The summed E-state index contributed by atoms with van der Waals surface area (Å²) in [5, 5.41) is 2.20. The maximum absolute atomic E-state index is 12.9. The quantitative estimate of drug-likeness (QED) is 0.422. The van der Waals surface area contributed by atoms with Gasteiger partial charge in [0, 0.05) is 9.64 Å². The zero-order chi connectivity index (χ0) is 18.3. The summed E-state index contributed by atoms with van der Waals surface area (Å²) in [5.41, 5.74) is 0.885. The third-order valence-corrected chi connectivity index (χ3v) is 4.90. The van der Waals surface area contributed by atoms with Crippen LogP contribution in [0.3, 0.4) is 0 Å². The van der Waals surface area contributed by atoms with Crippen molar-refractivity contribution < 1.29 is 23.9 Å². The minimum Gasteiger partial charge on any atom is -0.454 e. The number of carbonyl (C=O) groups excluding carboxylic acids is 3. The summed E-state index contributed by atoms with van der Waals surface area (Å²) in [4.78, 5) is 38.2. The normalized spacial score (nSPS) is 17.7. The average Bonchev–Trinajstić information content (AvgIpc) is 3.08. The molecular formula is C18H11IN2O5. The molecule has 2 aliphatic heterocycles. The third kappa shape index (κ3) is 2.81. The summed E-state index contributed by atoms with van der Waals surface area (Å²) in [6, 6.07) is 11.2. The number of fused-ring (bicyclic) bond motifs is 1. The Hall–Kier alpha value is -2.88. The topological polar surface area (TPSA) is 84.9 Å². The lowest BCUT2D eigenvalue weighted by Gasteiger charge is -2.26. The second kappa shape index (κ2) is 6.45. The van der Waals surface area contributed by atoms with Gasteiger partial charge < -0.3 is 9.47 Å². The van der Waals surface area contributed by atoms with Crippen molar-refractivity contribution >= 4 is 52.2 Å². The molecule has 0 unspecified atom stereocenters. The predicted octanol–water partition coefficient (Wildman–Crippen LogP) is 2.69. The summed E-state index contributed by atoms with van der Waals surface area (Å²) >= 11 is 2.11. The maximum atomic E-state index is 12.9. The van der Waals surface area contributed by atoms with E-state index < -0.39 is 17.8 Å². The smallest absolute Gasteiger partial charge is 0.335 e. The van der Waals surface area contributed by atoms with Crippen LogP contribution in [-0.2, 0) is 9.59 Å². The molecule has 0 saturated carbocycles. The minimum absolute atomic E-state index is 0.0784. The molecule has 2 aliphatic rings. The molecule has 0 atom stereocenters. The number of imide groups is 2. The van der Waals surface area contributed by atoms with E-state index in [1.54, 1.807) is 24.3 Å². The number of benzene rings is 2. The highest BCUT2D eigenvalue weighted by atomic mass is 127. The molecule has 1 fully saturated rings. The van der Waals surface area contributed by atoms with Crippen LogP contribution in [0.25, 0.3) is 6.08 Å². The van der Waals surface area contributed by atoms with Gasteiger partial charge in [-0.1, -0.05) is 18.2 Å². The standard InChI is InChI=1S/C18H11IN2O5/c19-13-4-2-1-3-10(13)7-12-16(22)20-18(24)21(17(12)23)11-5-6-14-15(8-11)26-9-25-14/h1-8H,9H2,(H,20,22,24). The van der Waals surface area contributed by atoms with Gasteiger partial charge in [0.2, 0.25) is 6.79 Å². The van der Waals surface area contributed by atoms with Gasteiger partial charge in [-0.2, -0.15) is 0 Å². The summed E-state index contributed by atoms with van der Waals surface area (Å²) in [6.07, 6.45) is 1.48. The maximum Gasteiger partial charge on any atom is 0.335 e. The molecule has 1 N–H and O–H groups in total. The van der Waals surface area contributed by atoms with Crippen LogP contribution >= 0.6 is 22.6 Å². The lowest BCUT2D eigenvalue weighted by molar-refractivity contribution is -0.122. The molecule has 0 spiro atoms. The number of rotatable bonds is 2. The van der Waals surface area contributed by atoms with Gasteiger partial charge in [0.1, 0.15) is 5.57 Å². The highest BCUT2D eigenvalue weighted by Crippen LogP contribution is 2.36. The fraction of sp³-hybridized carbons (Fsp3) is 0.0556. The number of hydrogen-bond donors (Lipinski definition) is 1. The van der Waals surface area contributed by atoms with Gasteiger partial charge in [-0.25, -0.2) is 9.69 Å². The first-order valence-corrected chi connectivity index (χ1v) is 8.68. The third-order valence-electron chi connectivity index (χ3n) is 3.92. The molecule has 2 heterocycles. The Morgan fingerprint density at radius 2 is 1.81 bits per heavy atom. The van der Waals surface area contributed by atoms with Crippen molar-refractivity contribution in [3.63, 3.8) is 0 Å². The molecule has 26 heavy (non-hydrogen) atoms. The van der Waals surface area contributed by atoms with Crippen LogP contribution < -0.4 is 19.7 Å². The van der Waals surface area contributed by atoms with Gasteiger partial charge in [0.15, 0.2) is 11.5 Å². The van der Waals surface area contributed by atoms with Gasteiger partial charge in [0.05, 0.1) is 5.69 Å². The van der Waals surface area contributed by atoms with E-state index in [0.29, 0.717) is 17.1 Å². The van der Waals surface area contributed by atoms with Crippen LogP contribution in [-0.4, -0.2) is 24.6 Å². The second-order valence-electron chi connectivity index (χ2n) is 5.52. The molecule has 4 rings (SSSR count). The first-order valence-electron chi connectivity index (χ1n) is 7.60. The van der Waals surface area contributed by atoms with Crippen molar-refractivity contribution in [1.29, 1.82) is 0 Å². The summed E-state index contributed by atoms with van der Waals surface area (Å²) in [6.45, 7) is 0.0784. The van der Waals surface area contributed by atoms with Crippen molar-refractivity contribution in [2.75, 3.05) is 11.7 Å². The van der Waals surface area contributed by atoms with E-state index in [1.165, 1.54) is 12.1 Å². The number of hydrogen-bond acceptors (Lipinski definition) is 5. The van der Waals surface area contributed by atoms with Crippen molar-refractivity contribution in [1.82, 2.24) is 5.32 Å². The number of ether oxygens (including phenoxy) is 2. The lowest BCUT2D eigenvalue weighted by Crippen LogP contribution is -2.54. The van der Waals surface area contributed by atoms with Gasteiger partial charge in [0.25, 0.3) is 11.8 Å². The second-order valence-corrected chi connectivity index (χ2v) is 6.68. The van der Waals surface area contributed by atoms with E-state index in [0.717, 1.165) is 8.47 Å². The Labute approximate surface area is 161 Å². The van der Waals surface area contributed by atoms with Gasteiger partial charge in [-0.3, -0.25) is 14.9 Å². The van der Waals surface area contributed by atoms with Gasteiger partial charge in [-0.15, -0.1) is 0 Å². The first-order chi connectivity index (χ1) is 12.5. The monoisotopic (exact) mass is 462 g/mol. The molecule has 8 heteroatoms. The largest absolute Gasteiger partial charge is 0.454 e. The molecule has 1 saturated heterocycles. The zero-order valence-electron chi connectivity index (χ0n) is 13.2. The van der Waals surface area contributed by atoms with Crippen LogP contribution in [0.5, 0.6) is 11.5 Å². The SMILES string of the molecule is O=C1NC(=O)N(c2ccc3c(c2)OCO3)C(=O)C1=Cc1ccccc1I. The van der Waals surface area contributed by atoms with Crippen LogP contribution in [0, 0.1) is 3.57 Å². The molecule has 7 nitrogen and oxygen atoms in total. The summed E-state index contributed by atoms with van der Waals surface area (Å²) < 4.78 is 11.4. The van der Waals surface area contributed by atoms with Crippen molar-refractivity contribution in [3.8, 4) is 11.5 Å². The fourth-order valence-corrected chi connectivity index (χ4v) is 3.21. The summed E-state index contributed by atoms with van der Waals surface area (Å²) in [5.74, 6) is -0.457. The number of nitrogens with zero attached hydrogens (tertiary/aromatic N) is 1. The van der Waals surface area contributed by atoms with E-state index in [2.05, 4.69) is 27.9 Å².